The Labute approximate surface area is 108 Å². The molecule has 2 aromatic rings. The zero-order chi connectivity index (χ0) is 12.2. The van der Waals surface area contributed by atoms with Crippen molar-refractivity contribution < 1.29 is 4.74 Å². The molecule has 0 unspecified atom stereocenters. The molecule has 0 spiro atoms. The largest absolute Gasteiger partial charge is 0.492 e. The molecule has 1 aliphatic rings. The maximum absolute atomic E-state index is 5.69. The molecule has 0 atom stereocenters. The Bertz CT molecular complexity index is 522. The Kier molecular flexibility index (Phi) is 3.29. The number of hydrogen-bond acceptors (Lipinski definition) is 2. The van der Waals surface area contributed by atoms with E-state index in [0.717, 1.165) is 31.9 Å². The quantitative estimate of drug-likeness (QED) is 0.870. The summed E-state index contributed by atoms with van der Waals surface area (Å²) < 4.78 is 5.69. The van der Waals surface area contributed by atoms with E-state index in [1.165, 1.54) is 16.7 Å². The summed E-state index contributed by atoms with van der Waals surface area (Å²) >= 11 is 0. The molecule has 0 aliphatic carbocycles. The van der Waals surface area contributed by atoms with Crippen LogP contribution in [0.4, 0.5) is 0 Å². The van der Waals surface area contributed by atoms with E-state index in [2.05, 4.69) is 53.8 Å². The van der Waals surface area contributed by atoms with E-state index < -0.39 is 0 Å². The summed E-state index contributed by atoms with van der Waals surface area (Å²) in [5.74, 6) is 1.02. The van der Waals surface area contributed by atoms with Gasteiger partial charge in [0.05, 0.1) is 0 Å². The monoisotopic (exact) mass is 239 g/mol. The topological polar surface area (TPSA) is 21.3 Å². The number of ether oxygens (including phenoxy) is 1. The Morgan fingerprint density at radius 2 is 1.89 bits per heavy atom. The summed E-state index contributed by atoms with van der Waals surface area (Å²) in [6.45, 7) is 2.58. The minimum Gasteiger partial charge on any atom is -0.492 e. The Balaban J connectivity index is 1.83. The first-order valence-electron chi connectivity index (χ1n) is 6.41. The first-order chi connectivity index (χ1) is 8.92. The summed E-state index contributed by atoms with van der Waals surface area (Å²) in [7, 11) is 0. The van der Waals surface area contributed by atoms with E-state index in [-0.39, 0.29) is 0 Å². The molecule has 18 heavy (non-hydrogen) atoms. The fraction of sp³-hybridized carbons (Fsp3) is 0.250. The van der Waals surface area contributed by atoms with E-state index >= 15 is 0 Å². The second-order valence-corrected chi connectivity index (χ2v) is 4.63. The van der Waals surface area contributed by atoms with Crippen LogP contribution in [0, 0.1) is 0 Å². The van der Waals surface area contributed by atoms with E-state index in [1.54, 1.807) is 0 Å². The second-order valence-electron chi connectivity index (χ2n) is 4.63. The number of rotatable bonds is 2. The molecular formula is C16H17NO. The average molecular weight is 239 g/mol. The van der Waals surface area contributed by atoms with E-state index in [9.17, 15) is 0 Å². The molecule has 3 rings (SSSR count). The smallest absolute Gasteiger partial charge is 0.123 e. The van der Waals surface area contributed by atoms with Gasteiger partial charge in [-0.3, -0.25) is 0 Å². The lowest BCUT2D eigenvalue weighted by atomic mass is 10.0. The Morgan fingerprint density at radius 1 is 1.00 bits per heavy atom. The van der Waals surface area contributed by atoms with Crippen LogP contribution in [0.5, 0.6) is 5.75 Å². The molecule has 1 N–H and O–H groups in total. The highest BCUT2D eigenvalue weighted by Crippen LogP contribution is 2.23. The van der Waals surface area contributed by atoms with Crippen LogP contribution >= 0.6 is 0 Å². The minimum atomic E-state index is 0.755. The van der Waals surface area contributed by atoms with Gasteiger partial charge in [-0.15, -0.1) is 0 Å². The van der Waals surface area contributed by atoms with Gasteiger partial charge in [0.15, 0.2) is 0 Å². The third-order valence-corrected chi connectivity index (χ3v) is 3.23. The fourth-order valence-corrected chi connectivity index (χ4v) is 2.31. The van der Waals surface area contributed by atoms with Gasteiger partial charge >= 0.3 is 0 Å². The van der Waals surface area contributed by atoms with Gasteiger partial charge in [0.2, 0.25) is 0 Å². The SMILES string of the molecule is c1ccc(Cc2ccc3c(c2)CNCCO3)cc1. The summed E-state index contributed by atoms with van der Waals surface area (Å²) in [5.41, 5.74) is 3.95. The molecule has 0 fully saturated rings. The van der Waals surface area contributed by atoms with Crippen molar-refractivity contribution in [2.24, 2.45) is 0 Å². The van der Waals surface area contributed by atoms with Crippen molar-refractivity contribution in [3.63, 3.8) is 0 Å². The molecule has 2 aromatic carbocycles. The average Bonchev–Trinajstić information content (AvgIpc) is 2.64. The van der Waals surface area contributed by atoms with Gasteiger partial charge in [0.25, 0.3) is 0 Å². The van der Waals surface area contributed by atoms with Crippen LogP contribution in [0.1, 0.15) is 16.7 Å². The van der Waals surface area contributed by atoms with Crippen LogP contribution in [0.15, 0.2) is 48.5 Å². The normalized spacial score (nSPS) is 14.4. The van der Waals surface area contributed by atoms with Crippen molar-refractivity contribution in [2.45, 2.75) is 13.0 Å². The van der Waals surface area contributed by atoms with Gasteiger partial charge < -0.3 is 10.1 Å². The molecule has 2 nitrogen and oxygen atoms in total. The number of fused-ring (bicyclic) bond motifs is 1. The van der Waals surface area contributed by atoms with Crippen molar-refractivity contribution in [1.82, 2.24) is 5.32 Å². The van der Waals surface area contributed by atoms with Crippen LogP contribution in [0.25, 0.3) is 0 Å². The molecule has 0 bridgehead atoms. The van der Waals surface area contributed by atoms with Gasteiger partial charge in [0, 0.05) is 18.7 Å². The van der Waals surface area contributed by atoms with Gasteiger partial charge in [-0.1, -0.05) is 42.5 Å². The molecule has 0 saturated heterocycles. The van der Waals surface area contributed by atoms with E-state index in [4.69, 9.17) is 4.74 Å². The van der Waals surface area contributed by atoms with Crippen molar-refractivity contribution >= 4 is 0 Å². The first-order valence-corrected chi connectivity index (χ1v) is 6.41. The molecular weight excluding hydrogens is 222 g/mol. The fourth-order valence-electron chi connectivity index (χ4n) is 2.31. The zero-order valence-electron chi connectivity index (χ0n) is 10.4. The predicted octanol–water partition coefficient (Wildman–Crippen LogP) is 2.76. The maximum atomic E-state index is 5.69. The van der Waals surface area contributed by atoms with Crippen LogP contribution in [-0.2, 0) is 13.0 Å². The standard InChI is InChI=1S/C16H17NO/c1-2-4-13(5-3-1)10-14-6-7-16-15(11-14)12-17-8-9-18-16/h1-7,11,17H,8-10,12H2. The molecule has 1 heterocycles. The highest BCUT2D eigenvalue weighted by Gasteiger charge is 2.08. The highest BCUT2D eigenvalue weighted by molar-refractivity contribution is 5.39. The third-order valence-electron chi connectivity index (χ3n) is 3.23. The van der Waals surface area contributed by atoms with Crippen molar-refractivity contribution in [1.29, 1.82) is 0 Å². The minimum absolute atomic E-state index is 0.755. The molecule has 92 valence electrons. The first kappa shape index (κ1) is 11.3. The van der Waals surface area contributed by atoms with Crippen LogP contribution in [0.2, 0.25) is 0 Å². The second kappa shape index (κ2) is 5.23. The molecule has 0 aromatic heterocycles. The summed E-state index contributed by atoms with van der Waals surface area (Å²) in [5, 5.41) is 3.37. The number of nitrogens with one attached hydrogen (secondary N) is 1. The molecule has 0 saturated carbocycles. The highest BCUT2D eigenvalue weighted by atomic mass is 16.5. The van der Waals surface area contributed by atoms with Crippen LogP contribution in [-0.4, -0.2) is 13.2 Å². The molecule has 0 amide bonds. The van der Waals surface area contributed by atoms with Gasteiger partial charge in [-0.25, -0.2) is 0 Å². The van der Waals surface area contributed by atoms with Gasteiger partial charge in [-0.05, 0) is 23.6 Å². The Morgan fingerprint density at radius 3 is 2.78 bits per heavy atom. The molecule has 0 radical (unpaired) electrons. The Hall–Kier alpha value is -1.80. The van der Waals surface area contributed by atoms with Crippen molar-refractivity contribution in [2.75, 3.05) is 13.2 Å². The van der Waals surface area contributed by atoms with Crippen molar-refractivity contribution in [3.8, 4) is 5.75 Å². The lowest BCUT2D eigenvalue weighted by Crippen LogP contribution is -2.16. The van der Waals surface area contributed by atoms with Gasteiger partial charge in [0.1, 0.15) is 12.4 Å². The summed E-state index contributed by atoms with van der Waals surface area (Å²) in [6.07, 6.45) is 0.980. The molecule has 2 heteroatoms. The number of hydrogen-bond donors (Lipinski definition) is 1. The van der Waals surface area contributed by atoms with Crippen molar-refractivity contribution in [3.05, 3.63) is 65.2 Å². The third kappa shape index (κ3) is 2.54. The summed E-state index contributed by atoms with van der Waals surface area (Å²) in [6, 6.07) is 17.1. The predicted molar refractivity (Wildman–Crippen MR) is 72.9 cm³/mol. The number of benzene rings is 2. The maximum Gasteiger partial charge on any atom is 0.123 e. The zero-order valence-corrected chi connectivity index (χ0v) is 10.4. The van der Waals surface area contributed by atoms with Gasteiger partial charge in [-0.2, -0.15) is 0 Å². The lowest BCUT2D eigenvalue weighted by molar-refractivity contribution is 0.325. The van der Waals surface area contributed by atoms with E-state index in [0.29, 0.717) is 0 Å². The summed E-state index contributed by atoms with van der Waals surface area (Å²) in [4.78, 5) is 0. The lowest BCUT2D eigenvalue weighted by Gasteiger charge is -2.09. The van der Waals surface area contributed by atoms with Crippen LogP contribution < -0.4 is 10.1 Å². The van der Waals surface area contributed by atoms with Crippen LogP contribution in [0.3, 0.4) is 0 Å². The van der Waals surface area contributed by atoms with E-state index in [1.807, 2.05) is 0 Å². The molecule has 1 aliphatic heterocycles.